The fourth-order valence-electron chi connectivity index (χ4n) is 2.30. The van der Waals surface area contributed by atoms with Crippen LogP contribution in [0.5, 0.6) is 0 Å². The first kappa shape index (κ1) is 13.1. The van der Waals surface area contributed by atoms with Gasteiger partial charge in [-0.2, -0.15) is 0 Å². The Morgan fingerprint density at radius 2 is 2.06 bits per heavy atom. The number of hydrogen-bond donors (Lipinski definition) is 1. The topological polar surface area (TPSA) is 46.2 Å². The summed E-state index contributed by atoms with van der Waals surface area (Å²) in [6.45, 7) is 1.89. The molecule has 2 atom stereocenters. The van der Waals surface area contributed by atoms with E-state index in [9.17, 15) is 9.59 Å². The molecule has 0 spiro atoms. The second kappa shape index (κ2) is 5.53. The molecule has 1 N–H and O–H groups in total. The molecule has 0 aliphatic heterocycles. The summed E-state index contributed by atoms with van der Waals surface area (Å²) in [6, 6.07) is 7.04. The van der Waals surface area contributed by atoms with Crippen LogP contribution in [0.3, 0.4) is 0 Å². The van der Waals surface area contributed by atoms with E-state index in [1.165, 1.54) is 0 Å². The van der Waals surface area contributed by atoms with E-state index < -0.39 is 5.92 Å². The van der Waals surface area contributed by atoms with Gasteiger partial charge in [-0.15, -0.1) is 0 Å². The van der Waals surface area contributed by atoms with Crippen molar-refractivity contribution in [2.75, 3.05) is 5.32 Å². The van der Waals surface area contributed by atoms with Gasteiger partial charge in [-0.3, -0.25) is 9.59 Å². The van der Waals surface area contributed by atoms with E-state index in [1.54, 1.807) is 24.3 Å². The van der Waals surface area contributed by atoms with Crippen molar-refractivity contribution in [2.45, 2.75) is 26.2 Å². The second-order valence-electron chi connectivity index (χ2n) is 4.76. The molecule has 1 aliphatic rings. The summed E-state index contributed by atoms with van der Waals surface area (Å²) in [4.78, 5) is 24.0. The number of rotatable bonds is 2. The van der Waals surface area contributed by atoms with Gasteiger partial charge < -0.3 is 5.32 Å². The molecule has 2 rings (SSSR count). The molecule has 1 aromatic rings. The number of para-hydroxylation sites is 1. The first-order valence-electron chi connectivity index (χ1n) is 6.18. The molecular weight excluding hydrogens is 250 g/mol. The van der Waals surface area contributed by atoms with Crippen molar-refractivity contribution in [2.24, 2.45) is 11.8 Å². The first-order valence-corrected chi connectivity index (χ1v) is 6.56. The van der Waals surface area contributed by atoms with Crippen molar-refractivity contribution in [3.8, 4) is 0 Å². The highest BCUT2D eigenvalue weighted by Crippen LogP contribution is 2.27. The molecule has 3 nitrogen and oxygen atoms in total. The quantitative estimate of drug-likeness (QED) is 0.834. The van der Waals surface area contributed by atoms with Crippen molar-refractivity contribution in [3.63, 3.8) is 0 Å². The lowest BCUT2D eigenvalue weighted by molar-refractivity contribution is -0.135. The average Bonchev–Trinajstić information content (AvgIpc) is 2.35. The molecule has 0 aromatic heterocycles. The Morgan fingerprint density at radius 3 is 2.78 bits per heavy atom. The van der Waals surface area contributed by atoms with Crippen LogP contribution >= 0.6 is 11.6 Å². The fraction of sp³-hybridized carbons (Fsp3) is 0.429. The van der Waals surface area contributed by atoms with Gasteiger partial charge in [0.25, 0.3) is 0 Å². The molecule has 1 aromatic carbocycles. The minimum absolute atomic E-state index is 0.0132. The predicted octanol–water partition coefficient (Wildman–Crippen LogP) is 3.28. The summed E-state index contributed by atoms with van der Waals surface area (Å²) in [7, 11) is 0. The summed E-state index contributed by atoms with van der Waals surface area (Å²) >= 11 is 5.97. The molecule has 0 saturated heterocycles. The molecular formula is C14H16ClNO2. The zero-order valence-electron chi connectivity index (χ0n) is 10.3. The van der Waals surface area contributed by atoms with Gasteiger partial charge in [-0.25, -0.2) is 0 Å². The third-order valence-electron chi connectivity index (χ3n) is 3.41. The van der Waals surface area contributed by atoms with Crippen molar-refractivity contribution >= 4 is 29.0 Å². The van der Waals surface area contributed by atoms with Crippen LogP contribution in [0.2, 0.25) is 5.02 Å². The van der Waals surface area contributed by atoms with Crippen LogP contribution in [-0.4, -0.2) is 11.7 Å². The highest BCUT2D eigenvalue weighted by molar-refractivity contribution is 6.33. The lowest BCUT2D eigenvalue weighted by atomic mass is 9.80. The smallest absolute Gasteiger partial charge is 0.234 e. The molecule has 1 fully saturated rings. The van der Waals surface area contributed by atoms with Crippen molar-refractivity contribution in [1.82, 2.24) is 0 Å². The minimum Gasteiger partial charge on any atom is -0.324 e. The Bertz CT molecular complexity index is 473. The van der Waals surface area contributed by atoms with Gasteiger partial charge in [0.2, 0.25) is 5.91 Å². The Hall–Kier alpha value is -1.35. The summed E-state index contributed by atoms with van der Waals surface area (Å²) < 4.78 is 0. The summed E-state index contributed by atoms with van der Waals surface area (Å²) in [5.41, 5.74) is 0.565. The van der Waals surface area contributed by atoms with Gasteiger partial charge >= 0.3 is 0 Å². The molecule has 1 aliphatic carbocycles. The van der Waals surface area contributed by atoms with E-state index in [-0.39, 0.29) is 17.6 Å². The second-order valence-corrected chi connectivity index (χ2v) is 5.16. The summed E-state index contributed by atoms with van der Waals surface area (Å²) in [5.74, 6) is -0.726. The number of amides is 1. The molecule has 0 bridgehead atoms. The molecule has 2 unspecified atom stereocenters. The van der Waals surface area contributed by atoms with Crippen LogP contribution in [-0.2, 0) is 9.59 Å². The largest absolute Gasteiger partial charge is 0.324 e. The van der Waals surface area contributed by atoms with E-state index in [0.29, 0.717) is 17.1 Å². The number of Topliss-reactive ketones (excluding diaryl/α,β-unsaturated/α-hetero) is 1. The van der Waals surface area contributed by atoms with Crippen LogP contribution in [0.1, 0.15) is 26.2 Å². The van der Waals surface area contributed by atoms with Crippen LogP contribution < -0.4 is 5.32 Å². The van der Waals surface area contributed by atoms with Gasteiger partial charge in [-0.1, -0.05) is 37.1 Å². The Labute approximate surface area is 112 Å². The van der Waals surface area contributed by atoms with Crippen LogP contribution in [0, 0.1) is 11.8 Å². The van der Waals surface area contributed by atoms with Crippen LogP contribution in [0.25, 0.3) is 0 Å². The van der Waals surface area contributed by atoms with Crippen LogP contribution in [0.4, 0.5) is 5.69 Å². The third kappa shape index (κ3) is 2.72. The zero-order valence-corrected chi connectivity index (χ0v) is 11.0. The number of carbonyl (C=O) groups excluding carboxylic acids is 2. The number of halogens is 1. The Kier molecular flexibility index (Phi) is 4.02. The standard InChI is InChI=1S/C14H16ClNO2/c1-9-5-4-6-10(13(9)17)14(18)16-12-8-3-2-7-11(12)15/h2-3,7-10H,4-6H2,1H3,(H,16,18). The number of carbonyl (C=O) groups is 2. The van der Waals surface area contributed by atoms with Crippen molar-refractivity contribution in [3.05, 3.63) is 29.3 Å². The first-order chi connectivity index (χ1) is 8.59. The molecule has 96 valence electrons. The number of hydrogen-bond acceptors (Lipinski definition) is 2. The van der Waals surface area contributed by atoms with Crippen molar-refractivity contribution in [1.29, 1.82) is 0 Å². The number of nitrogens with one attached hydrogen (secondary N) is 1. The molecule has 0 heterocycles. The molecule has 0 radical (unpaired) electrons. The van der Waals surface area contributed by atoms with Gasteiger partial charge in [0, 0.05) is 5.92 Å². The van der Waals surface area contributed by atoms with Gasteiger partial charge in [-0.05, 0) is 25.0 Å². The van der Waals surface area contributed by atoms with E-state index in [4.69, 9.17) is 11.6 Å². The maximum Gasteiger partial charge on any atom is 0.234 e. The fourth-order valence-corrected chi connectivity index (χ4v) is 2.48. The molecule has 18 heavy (non-hydrogen) atoms. The maximum absolute atomic E-state index is 12.1. The number of ketones is 1. The monoisotopic (exact) mass is 265 g/mol. The summed E-state index contributed by atoms with van der Waals surface area (Å²) in [5, 5.41) is 3.23. The van der Waals surface area contributed by atoms with E-state index in [0.717, 1.165) is 12.8 Å². The average molecular weight is 266 g/mol. The van der Waals surface area contributed by atoms with E-state index in [2.05, 4.69) is 5.32 Å². The van der Waals surface area contributed by atoms with E-state index in [1.807, 2.05) is 6.92 Å². The number of anilines is 1. The van der Waals surface area contributed by atoms with Crippen molar-refractivity contribution < 1.29 is 9.59 Å². The van der Waals surface area contributed by atoms with Gasteiger partial charge in [0.05, 0.1) is 16.6 Å². The van der Waals surface area contributed by atoms with E-state index >= 15 is 0 Å². The summed E-state index contributed by atoms with van der Waals surface area (Å²) in [6.07, 6.45) is 2.45. The molecule has 1 amide bonds. The normalized spacial score (nSPS) is 23.8. The lowest BCUT2D eigenvalue weighted by Crippen LogP contribution is -2.36. The molecule has 4 heteroatoms. The highest BCUT2D eigenvalue weighted by atomic mass is 35.5. The SMILES string of the molecule is CC1CCCC(C(=O)Nc2ccccc2Cl)C1=O. The van der Waals surface area contributed by atoms with Crippen LogP contribution in [0.15, 0.2) is 24.3 Å². The minimum atomic E-state index is -0.523. The van der Waals surface area contributed by atoms with Gasteiger partial charge in [0.15, 0.2) is 0 Å². The Balaban J connectivity index is 2.08. The van der Waals surface area contributed by atoms with Gasteiger partial charge in [0.1, 0.15) is 5.78 Å². The zero-order chi connectivity index (χ0) is 13.1. The predicted molar refractivity (Wildman–Crippen MR) is 71.6 cm³/mol. The third-order valence-corrected chi connectivity index (χ3v) is 3.74. The number of benzene rings is 1. The maximum atomic E-state index is 12.1. The molecule has 1 saturated carbocycles. The highest BCUT2D eigenvalue weighted by Gasteiger charge is 2.33. The lowest BCUT2D eigenvalue weighted by Gasteiger charge is -2.24. The Morgan fingerprint density at radius 1 is 1.33 bits per heavy atom.